The van der Waals surface area contributed by atoms with Crippen LogP contribution in [0.25, 0.3) is 0 Å². The molecule has 0 saturated carbocycles. The maximum Gasteiger partial charge on any atom is 0.0878 e. The first-order chi connectivity index (χ1) is 4.84. The van der Waals surface area contributed by atoms with Crippen LogP contribution in [-0.4, -0.2) is 18.6 Å². The fraction of sp³-hybridized carbons (Fsp3) is 0.500. The predicted molar refractivity (Wildman–Crippen MR) is 43.2 cm³/mol. The quantitative estimate of drug-likeness (QED) is 0.671. The molecule has 0 aromatic carbocycles. The van der Waals surface area contributed by atoms with E-state index in [0.717, 1.165) is 12.2 Å². The van der Waals surface area contributed by atoms with Gasteiger partial charge >= 0.3 is 0 Å². The second-order valence-corrected chi connectivity index (χ2v) is 2.41. The minimum Gasteiger partial charge on any atom is -0.373 e. The van der Waals surface area contributed by atoms with Gasteiger partial charge < -0.3 is 9.88 Å². The highest BCUT2D eigenvalue weighted by Crippen LogP contribution is 2.08. The molecule has 1 radical (unpaired) electrons. The molecule has 1 aromatic rings. The smallest absolute Gasteiger partial charge is 0.0878 e. The first kappa shape index (κ1) is 7.19. The molecular weight excluding hydrogens is 124 g/mol. The Hall–Kier alpha value is -0.920. The van der Waals surface area contributed by atoms with Crippen LogP contribution in [0.1, 0.15) is 13.3 Å². The van der Waals surface area contributed by atoms with Crippen molar-refractivity contribution in [3.05, 3.63) is 18.5 Å². The number of aromatic nitrogens is 1. The fourth-order valence-corrected chi connectivity index (χ4v) is 0.956. The molecule has 0 amide bonds. The van der Waals surface area contributed by atoms with Gasteiger partial charge in [0.05, 0.1) is 11.9 Å². The third-order valence-corrected chi connectivity index (χ3v) is 1.50. The molecular formula is C8H13N2. The van der Waals surface area contributed by atoms with Crippen LogP contribution < -0.4 is 4.90 Å². The lowest BCUT2D eigenvalue weighted by Gasteiger charge is -2.14. The Balaban J connectivity index is 2.50. The Labute approximate surface area is 61.9 Å². The van der Waals surface area contributed by atoms with Gasteiger partial charge in [-0.15, -0.1) is 0 Å². The molecule has 0 atom stereocenters. The summed E-state index contributed by atoms with van der Waals surface area (Å²) in [5, 5.41) is 0. The highest BCUT2D eigenvalue weighted by Gasteiger charge is 1.97. The summed E-state index contributed by atoms with van der Waals surface area (Å²) in [6.45, 7) is 3.26. The summed E-state index contributed by atoms with van der Waals surface area (Å²) in [5.41, 5.74) is 1.14. The molecule has 2 heteroatoms. The molecule has 1 aromatic heterocycles. The van der Waals surface area contributed by atoms with Gasteiger partial charge in [-0.25, -0.2) is 0 Å². The molecule has 0 spiro atoms. The zero-order chi connectivity index (χ0) is 7.40. The zero-order valence-corrected chi connectivity index (χ0v) is 6.52. The molecule has 0 aliphatic heterocycles. The van der Waals surface area contributed by atoms with Crippen molar-refractivity contribution in [2.45, 2.75) is 13.3 Å². The van der Waals surface area contributed by atoms with Gasteiger partial charge in [0.2, 0.25) is 0 Å². The van der Waals surface area contributed by atoms with Crippen molar-refractivity contribution in [2.24, 2.45) is 0 Å². The molecule has 0 saturated heterocycles. The Bertz CT molecular complexity index is 167. The van der Waals surface area contributed by atoms with E-state index in [2.05, 4.69) is 30.1 Å². The van der Waals surface area contributed by atoms with E-state index < -0.39 is 0 Å². The first-order valence-electron chi connectivity index (χ1n) is 3.60. The second kappa shape index (κ2) is 3.30. The van der Waals surface area contributed by atoms with Crippen LogP contribution in [-0.2, 0) is 0 Å². The third-order valence-electron chi connectivity index (χ3n) is 1.50. The predicted octanol–water partition coefficient (Wildman–Crippen LogP) is 1.66. The molecule has 0 bridgehead atoms. The van der Waals surface area contributed by atoms with Crippen molar-refractivity contribution in [1.29, 1.82) is 0 Å². The summed E-state index contributed by atoms with van der Waals surface area (Å²) in [4.78, 5) is 5.08. The van der Waals surface area contributed by atoms with E-state index in [4.69, 9.17) is 0 Å². The number of aromatic amines is 1. The minimum atomic E-state index is 1.09. The van der Waals surface area contributed by atoms with Gasteiger partial charge in [-0.1, -0.05) is 6.92 Å². The molecule has 1 N–H and O–H groups in total. The van der Waals surface area contributed by atoms with E-state index in [1.54, 1.807) is 0 Å². The van der Waals surface area contributed by atoms with Crippen molar-refractivity contribution in [3.63, 3.8) is 0 Å². The molecule has 0 unspecified atom stereocenters. The summed E-state index contributed by atoms with van der Waals surface area (Å²) in [7, 11) is 2.07. The second-order valence-electron chi connectivity index (χ2n) is 2.41. The zero-order valence-electron chi connectivity index (χ0n) is 6.52. The van der Waals surface area contributed by atoms with Crippen LogP contribution >= 0.6 is 0 Å². The van der Waals surface area contributed by atoms with E-state index >= 15 is 0 Å². The SMILES string of the molecule is CCCN(C)c1[c][nH]cc1. The van der Waals surface area contributed by atoms with Crippen LogP contribution in [0.5, 0.6) is 0 Å². The van der Waals surface area contributed by atoms with Crippen molar-refractivity contribution < 1.29 is 0 Å². The largest absolute Gasteiger partial charge is 0.373 e. The number of hydrogen-bond donors (Lipinski definition) is 1. The summed E-state index contributed by atoms with van der Waals surface area (Å²) in [6.07, 6.45) is 6.09. The van der Waals surface area contributed by atoms with Crippen molar-refractivity contribution in [2.75, 3.05) is 18.5 Å². The van der Waals surface area contributed by atoms with Crippen LogP contribution in [0.2, 0.25) is 0 Å². The van der Waals surface area contributed by atoms with Crippen molar-refractivity contribution >= 4 is 5.69 Å². The third kappa shape index (κ3) is 1.53. The lowest BCUT2D eigenvalue weighted by molar-refractivity contribution is 0.852. The summed E-state index contributed by atoms with van der Waals surface area (Å²) < 4.78 is 0. The molecule has 10 heavy (non-hydrogen) atoms. The topological polar surface area (TPSA) is 19.0 Å². The van der Waals surface area contributed by atoms with Gasteiger partial charge in [0.25, 0.3) is 0 Å². The molecule has 2 nitrogen and oxygen atoms in total. The Morgan fingerprint density at radius 3 is 3.00 bits per heavy atom. The molecule has 55 valence electrons. The van der Waals surface area contributed by atoms with Crippen LogP contribution in [0.3, 0.4) is 0 Å². The number of H-pyrrole nitrogens is 1. The van der Waals surface area contributed by atoms with Gasteiger partial charge in [-0.3, -0.25) is 0 Å². The van der Waals surface area contributed by atoms with Crippen LogP contribution in [0.15, 0.2) is 12.3 Å². The Morgan fingerprint density at radius 2 is 2.50 bits per heavy atom. The molecule has 0 fully saturated rings. The average molecular weight is 137 g/mol. The van der Waals surface area contributed by atoms with Gasteiger partial charge in [-0.2, -0.15) is 0 Å². The van der Waals surface area contributed by atoms with Gasteiger partial charge in [0.15, 0.2) is 0 Å². The normalized spacial score (nSPS) is 9.80. The number of nitrogens with one attached hydrogen (secondary N) is 1. The molecule has 0 aliphatic rings. The lowest BCUT2D eigenvalue weighted by Crippen LogP contribution is -2.16. The Morgan fingerprint density at radius 1 is 1.70 bits per heavy atom. The molecule has 1 heterocycles. The summed E-state index contributed by atoms with van der Waals surface area (Å²) >= 11 is 0. The van der Waals surface area contributed by atoms with Crippen LogP contribution in [0.4, 0.5) is 5.69 Å². The first-order valence-corrected chi connectivity index (χ1v) is 3.60. The highest BCUT2D eigenvalue weighted by atomic mass is 15.1. The van der Waals surface area contributed by atoms with Crippen molar-refractivity contribution in [3.8, 4) is 0 Å². The number of nitrogens with zero attached hydrogens (tertiary/aromatic N) is 1. The fourth-order valence-electron chi connectivity index (χ4n) is 0.956. The van der Waals surface area contributed by atoms with E-state index in [1.165, 1.54) is 6.42 Å². The number of hydrogen-bond acceptors (Lipinski definition) is 1. The van der Waals surface area contributed by atoms with Gasteiger partial charge in [0, 0.05) is 19.8 Å². The van der Waals surface area contributed by atoms with Crippen molar-refractivity contribution in [1.82, 2.24) is 4.98 Å². The highest BCUT2D eigenvalue weighted by molar-refractivity contribution is 5.41. The summed E-state index contributed by atoms with van der Waals surface area (Å²) in [6, 6.07) is 2.02. The maximum absolute atomic E-state index is 3.02. The Kier molecular flexibility index (Phi) is 2.37. The lowest BCUT2D eigenvalue weighted by atomic mass is 10.4. The van der Waals surface area contributed by atoms with Crippen LogP contribution in [0, 0.1) is 6.20 Å². The van der Waals surface area contributed by atoms with Gasteiger partial charge in [0.1, 0.15) is 0 Å². The van der Waals surface area contributed by atoms with E-state index in [0.29, 0.717) is 0 Å². The maximum atomic E-state index is 3.02. The monoisotopic (exact) mass is 137 g/mol. The number of rotatable bonds is 3. The molecule has 1 rings (SSSR count). The molecule has 0 aliphatic carbocycles. The van der Waals surface area contributed by atoms with E-state index in [-0.39, 0.29) is 0 Å². The average Bonchev–Trinajstić information content (AvgIpc) is 2.38. The minimum absolute atomic E-state index is 1.09. The summed E-state index contributed by atoms with van der Waals surface area (Å²) in [5.74, 6) is 0. The van der Waals surface area contributed by atoms with E-state index in [9.17, 15) is 0 Å². The number of anilines is 1. The van der Waals surface area contributed by atoms with Gasteiger partial charge in [-0.05, 0) is 12.5 Å². The standard InChI is InChI=1S/C8H13N2/c1-3-6-10(2)8-4-5-9-7-8/h4-5,9H,3,6H2,1-2H3. The van der Waals surface area contributed by atoms with E-state index in [1.807, 2.05) is 12.3 Å².